The summed E-state index contributed by atoms with van der Waals surface area (Å²) in [5.41, 5.74) is 1.17. The summed E-state index contributed by atoms with van der Waals surface area (Å²) in [7, 11) is -2.30. The maximum atomic E-state index is 12.7. The zero-order valence-electron chi connectivity index (χ0n) is 17.0. The van der Waals surface area contributed by atoms with Crippen molar-refractivity contribution in [2.24, 2.45) is 5.92 Å². The molecule has 1 saturated heterocycles. The van der Waals surface area contributed by atoms with Crippen LogP contribution in [0.2, 0.25) is 5.02 Å². The fraction of sp³-hybridized carbons (Fsp3) is 0.333. The van der Waals surface area contributed by atoms with Gasteiger partial charge in [-0.25, -0.2) is 13.2 Å². The van der Waals surface area contributed by atoms with E-state index >= 15 is 0 Å². The molecule has 1 atom stereocenters. The quantitative estimate of drug-likeness (QED) is 0.653. The molecule has 0 radical (unpaired) electrons. The Balaban J connectivity index is 1.57. The number of halogens is 1. The van der Waals surface area contributed by atoms with E-state index in [2.05, 4.69) is 10.0 Å². The molecular weight excluding hydrogens is 442 g/mol. The van der Waals surface area contributed by atoms with Crippen LogP contribution in [-0.4, -0.2) is 51.2 Å². The van der Waals surface area contributed by atoms with Gasteiger partial charge in [0.05, 0.1) is 17.0 Å². The maximum Gasteiger partial charge on any atom is 0.410 e. The maximum absolute atomic E-state index is 12.7. The minimum absolute atomic E-state index is 0.135. The van der Waals surface area contributed by atoms with Crippen molar-refractivity contribution in [1.82, 2.24) is 10.2 Å². The molecule has 1 aliphatic rings. The summed E-state index contributed by atoms with van der Waals surface area (Å²) in [5, 5.41) is 2.78. The van der Waals surface area contributed by atoms with Crippen LogP contribution >= 0.6 is 11.6 Å². The van der Waals surface area contributed by atoms with Gasteiger partial charge in [-0.3, -0.25) is 9.52 Å². The number of hydrogen-bond acceptors (Lipinski definition) is 5. The highest BCUT2D eigenvalue weighted by Crippen LogP contribution is 2.24. The van der Waals surface area contributed by atoms with Crippen LogP contribution in [0.4, 0.5) is 10.5 Å². The van der Waals surface area contributed by atoms with Crippen molar-refractivity contribution in [3.05, 3.63) is 64.7 Å². The minimum atomic E-state index is -3.75. The molecule has 2 amide bonds. The number of anilines is 1. The first-order valence-corrected chi connectivity index (χ1v) is 11.8. The smallest absolute Gasteiger partial charge is 0.410 e. The average molecular weight is 466 g/mol. The van der Waals surface area contributed by atoms with Gasteiger partial charge in [-0.15, -0.1) is 0 Å². The molecule has 2 N–H and O–H groups in total. The second-order valence-electron chi connectivity index (χ2n) is 7.29. The number of nitrogens with zero attached hydrogens (tertiary/aromatic N) is 1. The third-order valence-electron chi connectivity index (χ3n) is 4.92. The van der Waals surface area contributed by atoms with Crippen LogP contribution in [0.3, 0.4) is 0 Å². The average Bonchev–Trinajstić information content (AvgIpc) is 3.21. The Hall–Kier alpha value is -2.78. The fourth-order valence-corrected chi connectivity index (χ4v) is 5.05. The molecule has 0 aromatic heterocycles. The number of likely N-dealkylation sites (tertiary alicyclic amines) is 1. The topological polar surface area (TPSA) is 105 Å². The fourth-order valence-electron chi connectivity index (χ4n) is 3.39. The third-order valence-corrected chi connectivity index (χ3v) is 6.60. The van der Waals surface area contributed by atoms with Gasteiger partial charge in [0, 0.05) is 25.2 Å². The first-order valence-electron chi connectivity index (χ1n) is 9.75. The lowest BCUT2D eigenvalue weighted by Gasteiger charge is -2.17. The highest BCUT2D eigenvalue weighted by atomic mass is 35.5. The molecule has 0 spiro atoms. The first-order chi connectivity index (χ1) is 14.8. The Kier molecular flexibility index (Phi) is 7.40. The molecule has 1 heterocycles. The van der Waals surface area contributed by atoms with Crippen LogP contribution < -0.4 is 10.0 Å². The van der Waals surface area contributed by atoms with Crippen molar-refractivity contribution in [3.63, 3.8) is 0 Å². The van der Waals surface area contributed by atoms with Crippen LogP contribution in [-0.2, 0) is 21.4 Å². The number of sulfonamides is 1. The van der Waals surface area contributed by atoms with Gasteiger partial charge in [0.15, 0.2) is 0 Å². The first kappa shape index (κ1) is 22.9. The predicted molar refractivity (Wildman–Crippen MR) is 119 cm³/mol. The molecule has 1 aliphatic heterocycles. The van der Waals surface area contributed by atoms with Crippen molar-refractivity contribution < 1.29 is 22.7 Å². The molecule has 0 aliphatic carbocycles. The van der Waals surface area contributed by atoms with Gasteiger partial charge < -0.3 is 15.0 Å². The van der Waals surface area contributed by atoms with E-state index < -0.39 is 22.0 Å². The summed E-state index contributed by atoms with van der Waals surface area (Å²) in [6, 6.07) is 13.7. The molecule has 2 aromatic rings. The van der Waals surface area contributed by atoms with Gasteiger partial charge in [-0.05, 0) is 36.1 Å². The summed E-state index contributed by atoms with van der Waals surface area (Å²) < 4.78 is 33.1. The van der Waals surface area contributed by atoms with E-state index in [9.17, 15) is 18.0 Å². The van der Waals surface area contributed by atoms with Gasteiger partial charge in [0.2, 0.25) is 10.0 Å². The molecule has 166 valence electrons. The Labute approximate surface area is 186 Å². The number of benzene rings is 2. The molecule has 8 nitrogen and oxygen atoms in total. The van der Waals surface area contributed by atoms with Crippen LogP contribution in [0.1, 0.15) is 22.3 Å². The molecule has 0 unspecified atom stereocenters. The summed E-state index contributed by atoms with van der Waals surface area (Å²) in [4.78, 5) is 25.8. The van der Waals surface area contributed by atoms with Crippen molar-refractivity contribution in [1.29, 1.82) is 0 Å². The van der Waals surface area contributed by atoms with Crippen LogP contribution in [0.25, 0.3) is 0 Å². The lowest BCUT2D eigenvalue weighted by molar-refractivity contribution is 0.0963. The van der Waals surface area contributed by atoms with Gasteiger partial charge in [0.1, 0.15) is 6.61 Å². The van der Waals surface area contributed by atoms with E-state index in [0.29, 0.717) is 18.0 Å². The largest absolute Gasteiger partial charge is 0.445 e. The highest BCUT2D eigenvalue weighted by Gasteiger charge is 2.31. The molecule has 3 rings (SSSR count). The lowest BCUT2D eigenvalue weighted by atomic mass is 10.1. The Bertz CT molecular complexity index is 1050. The zero-order chi connectivity index (χ0) is 22.4. The number of rotatable bonds is 7. The second-order valence-corrected chi connectivity index (χ2v) is 9.50. The number of carbonyl (C=O) groups excluding carboxylic acids is 2. The molecule has 0 bridgehead atoms. The number of nitrogens with one attached hydrogen (secondary N) is 2. The van der Waals surface area contributed by atoms with E-state index in [-0.39, 0.29) is 36.1 Å². The van der Waals surface area contributed by atoms with Crippen molar-refractivity contribution in [2.45, 2.75) is 13.0 Å². The van der Waals surface area contributed by atoms with E-state index in [4.69, 9.17) is 16.3 Å². The SMILES string of the molecule is CNC(=O)c1cc(Cl)ccc1NS(=O)(=O)C[C@H]1CCN(C(=O)OCc2ccccc2)C1. The van der Waals surface area contributed by atoms with E-state index in [0.717, 1.165) is 5.56 Å². The Morgan fingerprint density at radius 3 is 2.65 bits per heavy atom. The second kappa shape index (κ2) is 10.0. The van der Waals surface area contributed by atoms with Crippen molar-refractivity contribution in [2.75, 3.05) is 30.6 Å². The van der Waals surface area contributed by atoms with E-state index in [1.54, 1.807) is 0 Å². The van der Waals surface area contributed by atoms with Crippen molar-refractivity contribution >= 4 is 39.3 Å². The standard InChI is InChI=1S/C21H24ClN3O5S/c1-23-20(26)18-11-17(22)7-8-19(18)24-31(28,29)14-16-9-10-25(12-16)21(27)30-13-15-5-3-2-4-6-15/h2-8,11,16,24H,9-10,12-14H2,1H3,(H,23,26)/t16-/m0/s1. The molecule has 1 fully saturated rings. The Morgan fingerprint density at radius 2 is 1.94 bits per heavy atom. The minimum Gasteiger partial charge on any atom is -0.445 e. The summed E-state index contributed by atoms with van der Waals surface area (Å²) in [6.45, 7) is 0.884. The monoisotopic (exact) mass is 465 g/mol. The van der Waals surface area contributed by atoms with E-state index in [1.165, 1.54) is 30.1 Å². The van der Waals surface area contributed by atoms with Crippen molar-refractivity contribution in [3.8, 4) is 0 Å². The van der Waals surface area contributed by atoms with Crippen LogP contribution in [0.15, 0.2) is 48.5 Å². The predicted octanol–water partition coefficient (Wildman–Crippen LogP) is 3.10. The van der Waals surface area contributed by atoms with E-state index in [1.807, 2.05) is 30.3 Å². The number of ether oxygens (including phenoxy) is 1. The van der Waals surface area contributed by atoms with Gasteiger partial charge in [-0.1, -0.05) is 41.9 Å². The van der Waals surface area contributed by atoms with Gasteiger partial charge >= 0.3 is 6.09 Å². The van der Waals surface area contributed by atoms with Gasteiger partial charge in [-0.2, -0.15) is 0 Å². The molecule has 31 heavy (non-hydrogen) atoms. The Morgan fingerprint density at radius 1 is 1.19 bits per heavy atom. The van der Waals surface area contributed by atoms with Crippen LogP contribution in [0.5, 0.6) is 0 Å². The number of hydrogen-bond donors (Lipinski definition) is 2. The summed E-state index contributed by atoms with van der Waals surface area (Å²) >= 11 is 5.93. The van der Waals surface area contributed by atoms with Crippen LogP contribution in [0, 0.1) is 5.92 Å². The zero-order valence-corrected chi connectivity index (χ0v) is 18.6. The highest BCUT2D eigenvalue weighted by molar-refractivity contribution is 7.92. The number of amides is 2. The number of carbonyl (C=O) groups is 2. The molecule has 2 aromatic carbocycles. The molecular formula is C21H24ClN3O5S. The molecule has 10 heteroatoms. The lowest BCUT2D eigenvalue weighted by Crippen LogP contribution is -2.31. The molecule has 0 saturated carbocycles. The summed E-state index contributed by atoms with van der Waals surface area (Å²) in [5.74, 6) is -0.864. The third kappa shape index (κ3) is 6.35. The van der Waals surface area contributed by atoms with Gasteiger partial charge in [0.25, 0.3) is 5.91 Å². The summed E-state index contributed by atoms with van der Waals surface area (Å²) in [6.07, 6.45) is 0.0842. The normalized spacial score (nSPS) is 16.1.